The zero-order valence-corrected chi connectivity index (χ0v) is 20.3. The highest BCUT2D eigenvalue weighted by atomic mass is 79.9. The van der Waals surface area contributed by atoms with Gasteiger partial charge >= 0.3 is 6.18 Å². The van der Waals surface area contributed by atoms with Gasteiger partial charge in [-0.3, -0.25) is 9.59 Å². The fourth-order valence-corrected chi connectivity index (χ4v) is 3.75. The van der Waals surface area contributed by atoms with Gasteiger partial charge in [-0.2, -0.15) is 13.2 Å². The van der Waals surface area contributed by atoms with Gasteiger partial charge in [0, 0.05) is 17.3 Å². The molecule has 0 aliphatic carbocycles. The Balaban J connectivity index is 2.07. The molecule has 0 saturated carbocycles. The standard InChI is InChI=1S/C24H19Br2F3N2O2/c25-13-21(32)30-17-9-5-15(6-10-17)23(19-3-1-2-4-20(19)24(27,28)29)16-7-11-18(12-8-16)31-22(33)14-26/h1-12,23H,13-14H2,(H,30,32)(H,31,33). The molecule has 0 aliphatic heterocycles. The maximum atomic E-state index is 13.8. The van der Waals surface area contributed by atoms with E-state index in [-0.39, 0.29) is 28.0 Å². The van der Waals surface area contributed by atoms with Gasteiger partial charge in [0.25, 0.3) is 0 Å². The zero-order chi connectivity index (χ0) is 24.0. The van der Waals surface area contributed by atoms with Gasteiger partial charge in [-0.05, 0) is 47.0 Å². The van der Waals surface area contributed by atoms with E-state index in [1.165, 1.54) is 12.1 Å². The molecule has 2 amide bonds. The number of alkyl halides is 5. The fourth-order valence-electron chi connectivity index (χ4n) is 3.47. The molecule has 0 heterocycles. The minimum absolute atomic E-state index is 0.111. The highest BCUT2D eigenvalue weighted by molar-refractivity contribution is 9.09. The Bertz CT molecular complexity index is 1060. The molecule has 0 aliphatic rings. The molecule has 2 N–H and O–H groups in total. The Labute approximate surface area is 205 Å². The Morgan fingerprint density at radius 2 is 1.15 bits per heavy atom. The lowest BCUT2D eigenvalue weighted by Crippen LogP contribution is -2.15. The molecule has 9 heteroatoms. The summed E-state index contributed by atoms with van der Waals surface area (Å²) in [5, 5.41) is 5.65. The Morgan fingerprint density at radius 3 is 1.55 bits per heavy atom. The van der Waals surface area contributed by atoms with Crippen molar-refractivity contribution in [2.45, 2.75) is 12.1 Å². The number of hydrogen-bond donors (Lipinski definition) is 2. The quantitative estimate of drug-likeness (QED) is 0.245. The SMILES string of the molecule is O=C(CBr)Nc1ccc(C(c2ccc(NC(=O)CBr)cc2)c2ccccc2C(F)(F)F)cc1. The topological polar surface area (TPSA) is 58.2 Å². The number of halogens is 5. The number of carbonyl (C=O) groups excluding carboxylic acids is 2. The monoisotopic (exact) mass is 582 g/mol. The van der Waals surface area contributed by atoms with Crippen LogP contribution in [0.3, 0.4) is 0 Å². The van der Waals surface area contributed by atoms with E-state index in [4.69, 9.17) is 0 Å². The van der Waals surface area contributed by atoms with Crippen LogP contribution in [0.15, 0.2) is 72.8 Å². The van der Waals surface area contributed by atoms with Gasteiger partial charge in [-0.1, -0.05) is 74.3 Å². The summed E-state index contributed by atoms with van der Waals surface area (Å²) in [4.78, 5) is 23.2. The number of hydrogen-bond acceptors (Lipinski definition) is 2. The van der Waals surface area contributed by atoms with Crippen molar-refractivity contribution in [2.24, 2.45) is 0 Å². The number of rotatable bonds is 7. The summed E-state index contributed by atoms with van der Waals surface area (Å²) in [6.07, 6.45) is -4.53. The fraction of sp³-hybridized carbons (Fsp3) is 0.167. The molecular weight excluding hydrogens is 565 g/mol. The van der Waals surface area contributed by atoms with Crippen LogP contribution in [0.1, 0.15) is 28.2 Å². The highest BCUT2D eigenvalue weighted by Gasteiger charge is 2.35. The summed E-state index contributed by atoms with van der Waals surface area (Å²) in [7, 11) is 0. The second-order valence-corrected chi connectivity index (χ2v) is 8.25. The molecule has 0 fully saturated rings. The molecule has 4 nitrogen and oxygen atoms in total. The van der Waals surface area contributed by atoms with Crippen LogP contribution in [-0.4, -0.2) is 22.5 Å². The second kappa shape index (κ2) is 11.0. The smallest absolute Gasteiger partial charge is 0.325 e. The molecule has 0 radical (unpaired) electrons. The first-order valence-electron chi connectivity index (χ1n) is 9.80. The summed E-state index contributed by atoms with van der Waals surface area (Å²) < 4.78 is 41.5. The van der Waals surface area contributed by atoms with Crippen LogP contribution < -0.4 is 10.6 Å². The minimum Gasteiger partial charge on any atom is -0.325 e. The van der Waals surface area contributed by atoms with E-state index >= 15 is 0 Å². The van der Waals surface area contributed by atoms with E-state index in [0.29, 0.717) is 22.5 Å². The van der Waals surface area contributed by atoms with E-state index in [1.807, 2.05) is 0 Å². The molecule has 172 valence electrons. The van der Waals surface area contributed by atoms with Gasteiger partial charge in [-0.15, -0.1) is 0 Å². The third kappa shape index (κ3) is 6.45. The van der Waals surface area contributed by atoms with Crippen molar-refractivity contribution >= 4 is 55.0 Å². The van der Waals surface area contributed by atoms with Gasteiger partial charge < -0.3 is 10.6 Å². The lowest BCUT2D eigenvalue weighted by Gasteiger charge is -2.23. The van der Waals surface area contributed by atoms with Crippen LogP contribution in [0.2, 0.25) is 0 Å². The number of anilines is 2. The van der Waals surface area contributed by atoms with Crippen molar-refractivity contribution in [2.75, 3.05) is 21.3 Å². The van der Waals surface area contributed by atoms with Gasteiger partial charge in [0.2, 0.25) is 11.8 Å². The first-order valence-corrected chi connectivity index (χ1v) is 12.0. The molecule has 0 unspecified atom stereocenters. The zero-order valence-electron chi connectivity index (χ0n) is 17.1. The highest BCUT2D eigenvalue weighted by Crippen LogP contribution is 2.41. The first-order chi connectivity index (χ1) is 15.7. The lowest BCUT2D eigenvalue weighted by molar-refractivity contribution is -0.138. The predicted octanol–water partition coefficient (Wildman–Crippen LogP) is 6.55. The third-order valence-corrected chi connectivity index (χ3v) is 5.89. The van der Waals surface area contributed by atoms with Crippen molar-refractivity contribution < 1.29 is 22.8 Å². The molecule has 3 aromatic rings. The molecular formula is C24H19Br2F3N2O2. The number of nitrogens with one attached hydrogen (secondary N) is 2. The molecule has 0 spiro atoms. The van der Waals surface area contributed by atoms with Crippen LogP contribution in [0, 0.1) is 0 Å². The summed E-state index contributed by atoms with van der Waals surface area (Å²) in [6, 6.07) is 18.9. The maximum absolute atomic E-state index is 13.8. The molecule has 3 rings (SSSR count). The van der Waals surface area contributed by atoms with Crippen molar-refractivity contribution in [3.05, 3.63) is 95.1 Å². The van der Waals surface area contributed by atoms with E-state index in [0.717, 1.165) is 6.07 Å². The van der Waals surface area contributed by atoms with Gasteiger partial charge in [0.15, 0.2) is 0 Å². The molecule has 0 aromatic heterocycles. The summed E-state index contributed by atoms with van der Waals surface area (Å²) >= 11 is 6.15. The van der Waals surface area contributed by atoms with E-state index in [2.05, 4.69) is 42.5 Å². The van der Waals surface area contributed by atoms with Crippen LogP contribution in [-0.2, 0) is 15.8 Å². The van der Waals surface area contributed by atoms with E-state index < -0.39 is 17.7 Å². The summed E-state index contributed by atoms with van der Waals surface area (Å²) in [5.74, 6) is -1.18. The van der Waals surface area contributed by atoms with Crippen LogP contribution in [0.5, 0.6) is 0 Å². The molecule has 0 bridgehead atoms. The van der Waals surface area contributed by atoms with Crippen LogP contribution in [0.25, 0.3) is 0 Å². The maximum Gasteiger partial charge on any atom is 0.416 e. The van der Waals surface area contributed by atoms with Crippen molar-refractivity contribution in [3.8, 4) is 0 Å². The van der Waals surface area contributed by atoms with Crippen molar-refractivity contribution in [3.63, 3.8) is 0 Å². The second-order valence-electron chi connectivity index (χ2n) is 7.13. The van der Waals surface area contributed by atoms with Gasteiger partial charge in [0.05, 0.1) is 16.2 Å². The molecule has 3 aromatic carbocycles. The third-order valence-electron chi connectivity index (χ3n) is 4.88. The first kappa shape index (κ1) is 25.0. The largest absolute Gasteiger partial charge is 0.416 e. The minimum atomic E-state index is -4.53. The molecule has 0 saturated heterocycles. The van der Waals surface area contributed by atoms with Gasteiger partial charge in [0.1, 0.15) is 0 Å². The van der Waals surface area contributed by atoms with E-state index in [9.17, 15) is 22.8 Å². The van der Waals surface area contributed by atoms with Crippen molar-refractivity contribution in [1.29, 1.82) is 0 Å². The average Bonchev–Trinajstić information content (AvgIpc) is 2.81. The van der Waals surface area contributed by atoms with Gasteiger partial charge in [-0.25, -0.2) is 0 Å². The Hall–Kier alpha value is -2.65. The summed E-state index contributed by atoms with van der Waals surface area (Å²) in [6.45, 7) is 0. The number of carbonyl (C=O) groups is 2. The Kier molecular flexibility index (Phi) is 8.31. The van der Waals surface area contributed by atoms with Crippen molar-refractivity contribution in [1.82, 2.24) is 0 Å². The lowest BCUT2D eigenvalue weighted by atomic mass is 9.82. The number of benzene rings is 3. The van der Waals surface area contributed by atoms with E-state index in [1.54, 1.807) is 54.6 Å². The normalized spacial score (nSPS) is 11.3. The average molecular weight is 584 g/mol. The predicted molar refractivity (Wildman–Crippen MR) is 130 cm³/mol. The molecule has 0 atom stereocenters. The molecule has 33 heavy (non-hydrogen) atoms. The van der Waals surface area contributed by atoms with Crippen LogP contribution in [0.4, 0.5) is 24.5 Å². The number of amides is 2. The Morgan fingerprint density at radius 1 is 0.727 bits per heavy atom. The van der Waals surface area contributed by atoms with Crippen LogP contribution >= 0.6 is 31.9 Å². The summed E-state index contributed by atoms with van der Waals surface area (Å²) in [5.41, 5.74) is 1.72.